The largest absolute Gasteiger partial charge is 0.337 e. The zero-order valence-electron chi connectivity index (χ0n) is 9.45. The van der Waals surface area contributed by atoms with Crippen LogP contribution < -0.4 is 5.32 Å². The van der Waals surface area contributed by atoms with Crippen molar-refractivity contribution >= 4 is 30.1 Å². The molecule has 0 bridgehead atoms. The van der Waals surface area contributed by atoms with E-state index in [9.17, 15) is 4.79 Å². The van der Waals surface area contributed by atoms with Crippen LogP contribution in [0.1, 0.15) is 16.8 Å². The predicted molar refractivity (Wildman–Crippen MR) is 72.1 cm³/mol. The molecule has 0 radical (unpaired) electrons. The zero-order chi connectivity index (χ0) is 12.3. The highest BCUT2D eigenvalue weighted by atomic mass is 35.5. The molecule has 0 atom stereocenters. The zero-order valence-corrected chi connectivity index (χ0v) is 11.1. The lowest BCUT2D eigenvalue weighted by Crippen LogP contribution is -2.34. The Bertz CT molecular complexity index is 417. The summed E-state index contributed by atoms with van der Waals surface area (Å²) in [6.45, 7) is 3.30. The van der Waals surface area contributed by atoms with Gasteiger partial charge in [0.2, 0.25) is 0 Å². The maximum atomic E-state index is 12.3. The number of carbonyl (C=O) groups excluding carboxylic acids is 1. The van der Waals surface area contributed by atoms with Gasteiger partial charge in [0.25, 0.3) is 5.91 Å². The first kappa shape index (κ1) is 12.7. The van der Waals surface area contributed by atoms with Crippen LogP contribution in [0.25, 0.3) is 0 Å². The number of hydrogen-bond acceptors (Lipinski definition) is 3. The molecule has 1 N–H and O–H groups in total. The van der Waals surface area contributed by atoms with E-state index in [2.05, 4.69) is 17.9 Å². The lowest BCUT2D eigenvalue weighted by molar-refractivity contribution is 0.0766. The van der Waals surface area contributed by atoms with Crippen molar-refractivity contribution in [3.8, 4) is 0 Å². The molecule has 1 aliphatic rings. The minimum atomic E-state index is -0.00500. The van der Waals surface area contributed by atoms with E-state index in [0.29, 0.717) is 10.6 Å². The van der Waals surface area contributed by atoms with Gasteiger partial charge in [-0.3, -0.25) is 4.79 Å². The van der Waals surface area contributed by atoms with Crippen molar-refractivity contribution in [2.45, 2.75) is 11.3 Å². The molecule has 1 aromatic carbocycles. The fraction of sp³-hybridized carbons (Fsp3) is 0.417. The van der Waals surface area contributed by atoms with Gasteiger partial charge in [0.05, 0.1) is 10.6 Å². The van der Waals surface area contributed by atoms with Gasteiger partial charge in [0.15, 0.2) is 0 Å². The van der Waals surface area contributed by atoms with Gasteiger partial charge in [-0.2, -0.15) is 0 Å². The first-order valence-corrected chi connectivity index (χ1v) is 6.49. The standard InChI is InChI=1S/C12H15ClN2OS/c13-11-3-2-9(17)8-10(11)12(16)15-6-1-4-14-5-7-15/h2-3,8,14,17H,1,4-7H2. The molecule has 3 nitrogen and oxygen atoms in total. The van der Waals surface area contributed by atoms with Crippen LogP contribution >= 0.6 is 24.2 Å². The molecule has 1 aliphatic heterocycles. The van der Waals surface area contributed by atoms with Crippen molar-refractivity contribution in [3.05, 3.63) is 28.8 Å². The number of amides is 1. The highest BCUT2D eigenvalue weighted by Gasteiger charge is 2.19. The van der Waals surface area contributed by atoms with Crippen molar-refractivity contribution in [2.75, 3.05) is 26.2 Å². The van der Waals surface area contributed by atoms with E-state index in [0.717, 1.165) is 37.5 Å². The van der Waals surface area contributed by atoms with Gasteiger partial charge in [-0.15, -0.1) is 12.6 Å². The summed E-state index contributed by atoms with van der Waals surface area (Å²) in [5.41, 5.74) is 0.543. The lowest BCUT2D eigenvalue weighted by Gasteiger charge is -2.20. The molecule has 0 unspecified atom stereocenters. The summed E-state index contributed by atoms with van der Waals surface area (Å²) in [4.78, 5) is 14.9. The van der Waals surface area contributed by atoms with Crippen molar-refractivity contribution in [2.24, 2.45) is 0 Å². The Balaban J connectivity index is 2.20. The molecule has 2 rings (SSSR count). The molecular formula is C12H15ClN2OS. The summed E-state index contributed by atoms with van der Waals surface area (Å²) in [5, 5.41) is 3.76. The predicted octanol–water partition coefficient (Wildman–Crippen LogP) is 2.06. The lowest BCUT2D eigenvalue weighted by atomic mass is 10.2. The van der Waals surface area contributed by atoms with Crippen LogP contribution in [0.3, 0.4) is 0 Å². The van der Waals surface area contributed by atoms with E-state index < -0.39 is 0 Å². The van der Waals surface area contributed by atoms with Crippen molar-refractivity contribution in [1.82, 2.24) is 10.2 Å². The smallest absolute Gasteiger partial charge is 0.255 e. The van der Waals surface area contributed by atoms with Gasteiger partial charge in [-0.25, -0.2) is 0 Å². The van der Waals surface area contributed by atoms with Crippen LogP contribution in [0.4, 0.5) is 0 Å². The summed E-state index contributed by atoms with van der Waals surface area (Å²) in [6, 6.07) is 5.23. The molecule has 0 aromatic heterocycles. The van der Waals surface area contributed by atoms with Crippen molar-refractivity contribution in [1.29, 1.82) is 0 Å². The Kier molecular flexibility index (Phi) is 4.31. The van der Waals surface area contributed by atoms with Gasteiger partial charge >= 0.3 is 0 Å². The molecule has 1 saturated heterocycles. The normalized spacial score (nSPS) is 16.7. The van der Waals surface area contributed by atoms with Gasteiger partial charge in [0, 0.05) is 24.5 Å². The van der Waals surface area contributed by atoms with E-state index in [1.165, 1.54) is 0 Å². The molecule has 5 heteroatoms. The number of rotatable bonds is 1. The maximum Gasteiger partial charge on any atom is 0.255 e. The summed E-state index contributed by atoms with van der Waals surface area (Å²) >= 11 is 10.3. The van der Waals surface area contributed by atoms with Crippen LogP contribution in [0.15, 0.2) is 23.1 Å². The molecule has 1 heterocycles. The third-order valence-corrected chi connectivity index (χ3v) is 3.42. The summed E-state index contributed by atoms with van der Waals surface area (Å²) in [7, 11) is 0. The number of thiol groups is 1. The Hall–Kier alpha value is -0.710. The SMILES string of the molecule is O=C(c1cc(S)ccc1Cl)N1CCCNCC1. The summed E-state index contributed by atoms with van der Waals surface area (Å²) in [5.74, 6) is -0.00500. The average Bonchev–Trinajstić information content (AvgIpc) is 2.60. The Labute approximate surface area is 112 Å². The van der Waals surface area contributed by atoms with Gasteiger partial charge in [-0.05, 0) is 31.2 Å². The number of benzene rings is 1. The van der Waals surface area contributed by atoms with Crippen LogP contribution in [-0.2, 0) is 0 Å². The third-order valence-electron chi connectivity index (χ3n) is 2.81. The highest BCUT2D eigenvalue weighted by molar-refractivity contribution is 7.80. The van der Waals surface area contributed by atoms with Crippen LogP contribution in [0.2, 0.25) is 5.02 Å². The molecule has 1 amide bonds. The molecule has 0 aliphatic carbocycles. The molecule has 0 spiro atoms. The maximum absolute atomic E-state index is 12.3. The topological polar surface area (TPSA) is 32.3 Å². The fourth-order valence-electron chi connectivity index (χ4n) is 1.90. The molecular weight excluding hydrogens is 256 g/mol. The van der Waals surface area contributed by atoms with E-state index in [1.807, 2.05) is 4.90 Å². The molecule has 17 heavy (non-hydrogen) atoms. The second kappa shape index (κ2) is 5.76. The Morgan fingerprint density at radius 1 is 1.35 bits per heavy atom. The van der Waals surface area contributed by atoms with Crippen LogP contribution in [0.5, 0.6) is 0 Å². The summed E-state index contributed by atoms with van der Waals surface area (Å²) < 4.78 is 0. The fourth-order valence-corrected chi connectivity index (χ4v) is 2.30. The number of hydrogen-bond donors (Lipinski definition) is 2. The van der Waals surface area contributed by atoms with Crippen molar-refractivity contribution < 1.29 is 4.79 Å². The number of nitrogens with one attached hydrogen (secondary N) is 1. The van der Waals surface area contributed by atoms with Gasteiger partial charge < -0.3 is 10.2 Å². The molecule has 92 valence electrons. The second-order valence-corrected chi connectivity index (χ2v) is 4.98. The van der Waals surface area contributed by atoms with E-state index in [1.54, 1.807) is 18.2 Å². The Morgan fingerprint density at radius 2 is 2.18 bits per heavy atom. The first-order valence-electron chi connectivity index (χ1n) is 5.67. The minimum Gasteiger partial charge on any atom is -0.337 e. The first-order chi connectivity index (χ1) is 8.18. The summed E-state index contributed by atoms with van der Waals surface area (Å²) in [6.07, 6.45) is 0.976. The second-order valence-electron chi connectivity index (χ2n) is 4.06. The number of carbonyl (C=O) groups is 1. The Morgan fingerprint density at radius 3 is 3.00 bits per heavy atom. The average molecular weight is 271 g/mol. The third kappa shape index (κ3) is 3.15. The van der Waals surface area contributed by atoms with Gasteiger partial charge in [-0.1, -0.05) is 11.6 Å². The molecule has 1 aromatic rings. The molecule has 1 fully saturated rings. The highest BCUT2D eigenvalue weighted by Crippen LogP contribution is 2.21. The molecule has 0 saturated carbocycles. The quantitative estimate of drug-likeness (QED) is 0.766. The van der Waals surface area contributed by atoms with Crippen molar-refractivity contribution in [3.63, 3.8) is 0 Å². The van der Waals surface area contributed by atoms with E-state index >= 15 is 0 Å². The number of nitrogens with zero attached hydrogens (tertiary/aromatic N) is 1. The minimum absolute atomic E-state index is 0.00500. The van der Waals surface area contributed by atoms with E-state index in [4.69, 9.17) is 11.6 Å². The monoisotopic (exact) mass is 270 g/mol. The van der Waals surface area contributed by atoms with Gasteiger partial charge in [0.1, 0.15) is 0 Å². The van der Waals surface area contributed by atoms with Crippen LogP contribution in [-0.4, -0.2) is 37.0 Å². The van der Waals surface area contributed by atoms with Crippen LogP contribution in [0, 0.1) is 0 Å². The number of halogens is 1. The van der Waals surface area contributed by atoms with E-state index in [-0.39, 0.29) is 5.91 Å².